The summed E-state index contributed by atoms with van der Waals surface area (Å²) in [5.41, 5.74) is 1.41. The predicted molar refractivity (Wildman–Crippen MR) is 85.4 cm³/mol. The summed E-state index contributed by atoms with van der Waals surface area (Å²) < 4.78 is 41.9. The highest BCUT2D eigenvalue weighted by molar-refractivity contribution is 5.98. The number of ether oxygens (including phenoxy) is 1. The van der Waals surface area contributed by atoms with E-state index in [4.69, 9.17) is 4.74 Å². The number of hydrogen-bond acceptors (Lipinski definition) is 4. The summed E-state index contributed by atoms with van der Waals surface area (Å²) in [7, 11) is 1.39. The van der Waals surface area contributed by atoms with Crippen LogP contribution >= 0.6 is 0 Å². The van der Waals surface area contributed by atoms with Crippen molar-refractivity contribution in [1.29, 1.82) is 0 Å². The van der Waals surface area contributed by atoms with Crippen molar-refractivity contribution in [2.45, 2.75) is 57.4 Å². The molecule has 6 nitrogen and oxygen atoms in total. The molecule has 9 heteroatoms. The van der Waals surface area contributed by atoms with Crippen LogP contribution in [0.4, 0.5) is 13.2 Å². The quantitative estimate of drug-likeness (QED) is 0.864. The number of halogens is 3. The molecule has 1 saturated carbocycles. The number of alkyl halides is 3. The van der Waals surface area contributed by atoms with Gasteiger partial charge in [0.2, 0.25) is 11.8 Å². The molecule has 142 valence electrons. The molecule has 0 saturated heterocycles. The zero-order chi connectivity index (χ0) is 18.9. The van der Waals surface area contributed by atoms with Gasteiger partial charge in [0.25, 0.3) is 5.91 Å². The van der Waals surface area contributed by atoms with Crippen LogP contribution in [0, 0.1) is 0 Å². The molecule has 0 radical (unpaired) electrons. The van der Waals surface area contributed by atoms with Crippen molar-refractivity contribution in [3.63, 3.8) is 0 Å². The summed E-state index contributed by atoms with van der Waals surface area (Å²) in [6, 6.07) is 1.77. The summed E-state index contributed by atoms with van der Waals surface area (Å²) in [4.78, 5) is 30.2. The minimum absolute atomic E-state index is 0.120. The van der Waals surface area contributed by atoms with Gasteiger partial charge in [0.05, 0.1) is 24.9 Å². The SMILES string of the molecule is COc1nc2c(cc1CNC(=O)CC(F)(F)F)C(=O)N(C1CCCC1)C2. The maximum Gasteiger partial charge on any atom is 0.397 e. The van der Waals surface area contributed by atoms with Gasteiger partial charge in [-0.05, 0) is 18.9 Å². The molecule has 0 aromatic carbocycles. The second-order valence-corrected chi connectivity index (χ2v) is 6.59. The molecule has 1 aromatic heterocycles. The molecule has 0 bridgehead atoms. The van der Waals surface area contributed by atoms with E-state index in [1.165, 1.54) is 7.11 Å². The molecular weight excluding hydrogens is 351 g/mol. The molecule has 2 amide bonds. The molecule has 1 aliphatic heterocycles. The Morgan fingerprint density at radius 1 is 1.38 bits per heavy atom. The Kier molecular flexibility index (Phi) is 5.06. The van der Waals surface area contributed by atoms with Gasteiger partial charge in [0.15, 0.2) is 0 Å². The molecule has 1 fully saturated rings. The first-order chi connectivity index (χ1) is 12.3. The predicted octanol–water partition coefficient (Wildman–Crippen LogP) is 2.56. The van der Waals surface area contributed by atoms with Gasteiger partial charge < -0.3 is 15.0 Å². The van der Waals surface area contributed by atoms with Crippen LogP contribution in [0.1, 0.15) is 53.7 Å². The molecule has 3 rings (SSSR count). The summed E-state index contributed by atoms with van der Waals surface area (Å²) in [5, 5.41) is 2.20. The van der Waals surface area contributed by atoms with Crippen molar-refractivity contribution in [1.82, 2.24) is 15.2 Å². The standard InChI is InChI=1S/C17H20F3N3O3/c1-26-15-10(8-21-14(24)7-17(18,19)20)6-12-13(22-15)9-23(16(12)25)11-4-2-3-5-11/h6,11H,2-5,7-9H2,1H3,(H,21,24). The molecule has 0 atom stereocenters. The number of carbonyl (C=O) groups excluding carboxylic acids is 2. The van der Waals surface area contributed by atoms with Gasteiger partial charge in [-0.1, -0.05) is 12.8 Å². The highest BCUT2D eigenvalue weighted by atomic mass is 19.4. The summed E-state index contributed by atoms with van der Waals surface area (Å²) in [6.45, 7) is 0.227. The van der Waals surface area contributed by atoms with Crippen LogP contribution in [0.25, 0.3) is 0 Å². The maximum atomic E-state index is 12.7. The number of nitrogens with zero attached hydrogens (tertiary/aromatic N) is 2. The van der Waals surface area contributed by atoms with Gasteiger partial charge in [-0.15, -0.1) is 0 Å². The van der Waals surface area contributed by atoms with Gasteiger partial charge >= 0.3 is 6.18 Å². The lowest BCUT2D eigenvalue weighted by molar-refractivity contribution is -0.153. The number of amides is 2. The first-order valence-corrected chi connectivity index (χ1v) is 8.49. The third kappa shape index (κ3) is 3.91. The lowest BCUT2D eigenvalue weighted by Gasteiger charge is -2.22. The number of hydrogen-bond donors (Lipinski definition) is 1. The van der Waals surface area contributed by atoms with Gasteiger partial charge in [0.1, 0.15) is 6.42 Å². The number of nitrogens with one attached hydrogen (secondary N) is 1. The van der Waals surface area contributed by atoms with Crippen LogP contribution in [-0.2, 0) is 17.9 Å². The third-order valence-corrected chi connectivity index (χ3v) is 4.75. The van der Waals surface area contributed by atoms with E-state index in [0.717, 1.165) is 25.7 Å². The first kappa shape index (κ1) is 18.5. The van der Waals surface area contributed by atoms with Crippen LogP contribution in [0.5, 0.6) is 5.88 Å². The van der Waals surface area contributed by atoms with Gasteiger partial charge in [-0.3, -0.25) is 9.59 Å². The van der Waals surface area contributed by atoms with Crippen molar-refractivity contribution in [2.24, 2.45) is 0 Å². The molecular formula is C17H20F3N3O3. The topological polar surface area (TPSA) is 71.5 Å². The average molecular weight is 371 g/mol. The highest BCUT2D eigenvalue weighted by Crippen LogP contribution is 2.33. The third-order valence-electron chi connectivity index (χ3n) is 4.75. The molecule has 0 spiro atoms. The Morgan fingerprint density at radius 2 is 2.08 bits per heavy atom. The first-order valence-electron chi connectivity index (χ1n) is 8.49. The number of rotatable bonds is 5. The number of pyridine rings is 1. The maximum absolute atomic E-state index is 12.7. The smallest absolute Gasteiger partial charge is 0.397 e. The van der Waals surface area contributed by atoms with Gasteiger partial charge in [-0.25, -0.2) is 4.98 Å². The number of carbonyl (C=O) groups is 2. The molecule has 0 unspecified atom stereocenters. The molecule has 2 aliphatic rings. The van der Waals surface area contributed by atoms with E-state index >= 15 is 0 Å². The highest BCUT2D eigenvalue weighted by Gasteiger charge is 2.36. The zero-order valence-electron chi connectivity index (χ0n) is 14.4. The summed E-state index contributed by atoms with van der Waals surface area (Å²) >= 11 is 0. The molecule has 1 aromatic rings. The van der Waals surface area contributed by atoms with E-state index in [9.17, 15) is 22.8 Å². The van der Waals surface area contributed by atoms with Crippen molar-refractivity contribution < 1.29 is 27.5 Å². The van der Waals surface area contributed by atoms with Crippen LogP contribution < -0.4 is 10.1 Å². The van der Waals surface area contributed by atoms with Crippen molar-refractivity contribution in [3.8, 4) is 5.88 Å². The monoisotopic (exact) mass is 371 g/mol. The summed E-state index contributed by atoms with van der Waals surface area (Å²) in [6.07, 6.45) is -1.99. The van der Waals surface area contributed by atoms with Crippen LogP contribution in [0.3, 0.4) is 0 Å². The minimum atomic E-state index is -4.57. The zero-order valence-corrected chi connectivity index (χ0v) is 14.4. The Hall–Kier alpha value is -2.32. The van der Waals surface area contributed by atoms with Crippen LogP contribution in [-0.4, -0.2) is 41.0 Å². The van der Waals surface area contributed by atoms with Crippen LogP contribution in [0.2, 0.25) is 0 Å². The summed E-state index contributed by atoms with van der Waals surface area (Å²) in [5.74, 6) is -1.05. The molecule has 1 aliphatic carbocycles. The molecule has 1 N–H and O–H groups in total. The largest absolute Gasteiger partial charge is 0.481 e. The van der Waals surface area contributed by atoms with Gasteiger partial charge in [-0.2, -0.15) is 13.2 Å². The van der Waals surface area contributed by atoms with E-state index in [2.05, 4.69) is 10.3 Å². The van der Waals surface area contributed by atoms with Crippen molar-refractivity contribution in [3.05, 3.63) is 22.9 Å². The Labute approximate surface area is 148 Å². The lowest BCUT2D eigenvalue weighted by atomic mass is 10.1. The fraction of sp³-hybridized carbons (Fsp3) is 0.588. The fourth-order valence-electron chi connectivity index (χ4n) is 3.52. The minimum Gasteiger partial charge on any atom is -0.481 e. The van der Waals surface area contributed by atoms with E-state index in [-0.39, 0.29) is 24.4 Å². The molecule has 2 heterocycles. The number of methoxy groups -OCH3 is 1. The Morgan fingerprint density at radius 3 is 2.69 bits per heavy atom. The van der Waals surface area contributed by atoms with E-state index in [0.29, 0.717) is 23.4 Å². The fourth-order valence-corrected chi connectivity index (χ4v) is 3.52. The van der Waals surface area contributed by atoms with Crippen molar-refractivity contribution >= 4 is 11.8 Å². The average Bonchev–Trinajstić information content (AvgIpc) is 3.19. The number of aromatic nitrogens is 1. The molecule has 26 heavy (non-hydrogen) atoms. The number of fused-ring (bicyclic) bond motifs is 1. The second-order valence-electron chi connectivity index (χ2n) is 6.59. The van der Waals surface area contributed by atoms with Crippen molar-refractivity contribution in [2.75, 3.05) is 7.11 Å². The Bertz CT molecular complexity index is 715. The Balaban J connectivity index is 1.75. The van der Waals surface area contributed by atoms with Gasteiger partial charge in [0, 0.05) is 18.2 Å². The lowest BCUT2D eigenvalue weighted by Crippen LogP contribution is -2.33. The van der Waals surface area contributed by atoms with Crippen LogP contribution in [0.15, 0.2) is 6.07 Å². The van der Waals surface area contributed by atoms with E-state index in [1.54, 1.807) is 11.0 Å². The van der Waals surface area contributed by atoms with E-state index < -0.39 is 18.5 Å². The second kappa shape index (κ2) is 7.13. The normalized spacial score (nSPS) is 17.5. The van der Waals surface area contributed by atoms with E-state index in [1.807, 2.05) is 0 Å².